The van der Waals surface area contributed by atoms with Crippen LogP contribution < -0.4 is 4.72 Å². The van der Waals surface area contributed by atoms with E-state index < -0.39 is 32.7 Å². The van der Waals surface area contributed by atoms with E-state index in [1.807, 2.05) is 0 Å². The third kappa shape index (κ3) is 4.32. The maximum atomic E-state index is 13.1. The fraction of sp³-hybridized carbons (Fsp3) is 0.429. The smallest absolute Gasteiger partial charge is 0.251 e. The monoisotopic (exact) mass is 362 g/mol. The molecule has 0 aliphatic heterocycles. The average molecular weight is 362 g/mol. The second-order valence-corrected chi connectivity index (χ2v) is 7.27. The number of rotatable bonds is 6. The molecule has 0 spiro atoms. The van der Waals surface area contributed by atoms with Gasteiger partial charge in [0.15, 0.2) is 0 Å². The first-order valence-electron chi connectivity index (χ1n) is 7.14. The van der Waals surface area contributed by atoms with Gasteiger partial charge in [-0.15, -0.1) is 5.10 Å². The summed E-state index contributed by atoms with van der Waals surface area (Å²) in [6.07, 6.45) is -1.78. The SMILES string of the molecule is CC(C)[C@@H](Cn1ccnn1)NS(=O)(=O)c1ccccc1C(F)(F)F. The van der Waals surface area contributed by atoms with Gasteiger partial charge >= 0.3 is 6.18 Å². The van der Waals surface area contributed by atoms with Crippen molar-refractivity contribution in [2.24, 2.45) is 5.92 Å². The number of nitrogens with one attached hydrogen (secondary N) is 1. The molecule has 1 aromatic heterocycles. The van der Waals surface area contributed by atoms with E-state index in [1.54, 1.807) is 20.0 Å². The molecule has 0 unspecified atom stereocenters. The molecule has 2 aromatic rings. The van der Waals surface area contributed by atoms with Crippen molar-refractivity contribution in [3.8, 4) is 0 Å². The first-order valence-corrected chi connectivity index (χ1v) is 8.62. The molecular formula is C14H17F3N4O2S. The second kappa shape index (κ2) is 6.89. The standard InChI is InChI=1S/C14H17F3N4O2S/c1-10(2)12(9-21-8-7-18-20-21)19-24(22,23)13-6-4-3-5-11(13)14(15,16)17/h3-8,10,12,19H,9H2,1-2H3/t12-/m1/s1. The van der Waals surface area contributed by atoms with E-state index in [2.05, 4.69) is 15.0 Å². The van der Waals surface area contributed by atoms with Crippen molar-refractivity contribution in [1.82, 2.24) is 19.7 Å². The minimum absolute atomic E-state index is 0.158. The Labute approximate surface area is 137 Å². The number of alkyl halides is 3. The van der Waals surface area contributed by atoms with Crippen LogP contribution in [0.15, 0.2) is 41.6 Å². The third-order valence-corrected chi connectivity index (χ3v) is 5.00. The predicted molar refractivity (Wildman–Crippen MR) is 80.4 cm³/mol. The van der Waals surface area contributed by atoms with Gasteiger partial charge in [-0.3, -0.25) is 4.68 Å². The summed E-state index contributed by atoms with van der Waals surface area (Å²) in [6.45, 7) is 3.69. The van der Waals surface area contributed by atoms with Crippen LogP contribution >= 0.6 is 0 Å². The number of halogens is 3. The lowest BCUT2D eigenvalue weighted by atomic mass is 10.1. The largest absolute Gasteiger partial charge is 0.417 e. The summed E-state index contributed by atoms with van der Waals surface area (Å²) in [5.41, 5.74) is -1.19. The van der Waals surface area contributed by atoms with Gasteiger partial charge in [0.05, 0.1) is 23.2 Å². The first kappa shape index (κ1) is 18.4. The molecular weight excluding hydrogens is 345 g/mol. The number of nitrogens with zero attached hydrogens (tertiary/aromatic N) is 3. The highest BCUT2D eigenvalue weighted by Crippen LogP contribution is 2.34. The molecule has 1 atom stereocenters. The molecule has 0 fully saturated rings. The van der Waals surface area contributed by atoms with Crippen molar-refractivity contribution < 1.29 is 21.6 Å². The molecule has 0 bridgehead atoms. The van der Waals surface area contributed by atoms with Crippen molar-refractivity contribution in [2.75, 3.05) is 0 Å². The van der Waals surface area contributed by atoms with Crippen LogP contribution in [0.4, 0.5) is 13.2 Å². The van der Waals surface area contributed by atoms with Crippen LogP contribution in [0.1, 0.15) is 19.4 Å². The van der Waals surface area contributed by atoms with Gasteiger partial charge in [-0.1, -0.05) is 31.2 Å². The fourth-order valence-electron chi connectivity index (χ4n) is 2.11. The van der Waals surface area contributed by atoms with Gasteiger partial charge in [-0.2, -0.15) is 13.2 Å². The van der Waals surface area contributed by atoms with Crippen molar-refractivity contribution in [2.45, 2.75) is 37.5 Å². The molecule has 1 aromatic carbocycles. The zero-order valence-electron chi connectivity index (χ0n) is 13.0. The van der Waals surface area contributed by atoms with E-state index in [0.29, 0.717) is 0 Å². The predicted octanol–water partition coefficient (Wildman–Crippen LogP) is 2.30. The second-order valence-electron chi connectivity index (χ2n) is 5.59. The van der Waals surface area contributed by atoms with Gasteiger partial charge in [-0.25, -0.2) is 13.1 Å². The molecule has 1 heterocycles. The van der Waals surface area contributed by atoms with E-state index in [-0.39, 0.29) is 12.5 Å². The van der Waals surface area contributed by atoms with Crippen molar-refractivity contribution >= 4 is 10.0 Å². The van der Waals surface area contributed by atoms with Crippen LogP contribution in [0.5, 0.6) is 0 Å². The molecule has 132 valence electrons. The topological polar surface area (TPSA) is 76.9 Å². The number of hydrogen-bond acceptors (Lipinski definition) is 4. The molecule has 0 saturated heterocycles. The highest BCUT2D eigenvalue weighted by atomic mass is 32.2. The molecule has 0 radical (unpaired) electrons. The summed E-state index contributed by atoms with van der Waals surface area (Å²) in [7, 11) is -4.35. The average Bonchev–Trinajstić information content (AvgIpc) is 2.98. The van der Waals surface area contributed by atoms with Gasteiger partial charge < -0.3 is 0 Å². The lowest BCUT2D eigenvalue weighted by molar-refractivity contribution is -0.139. The summed E-state index contributed by atoms with van der Waals surface area (Å²) in [5, 5.41) is 7.37. The van der Waals surface area contributed by atoms with E-state index in [1.165, 1.54) is 16.9 Å². The highest BCUT2D eigenvalue weighted by molar-refractivity contribution is 7.89. The number of benzene rings is 1. The van der Waals surface area contributed by atoms with Crippen LogP contribution in [0.3, 0.4) is 0 Å². The summed E-state index contributed by atoms with van der Waals surface area (Å²) >= 11 is 0. The molecule has 10 heteroatoms. The minimum atomic E-state index is -4.76. The van der Waals surface area contributed by atoms with E-state index >= 15 is 0 Å². The molecule has 1 N–H and O–H groups in total. The van der Waals surface area contributed by atoms with Crippen LogP contribution in [0.2, 0.25) is 0 Å². The normalized spacial score (nSPS) is 14.1. The molecule has 0 aliphatic carbocycles. The Bertz CT molecular complexity index is 774. The Morgan fingerprint density at radius 3 is 2.46 bits per heavy atom. The highest BCUT2D eigenvalue weighted by Gasteiger charge is 2.37. The van der Waals surface area contributed by atoms with Gasteiger partial charge in [-0.05, 0) is 18.1 Å². The summed E-state index contributed by atoms with van der Waals surface area (Å²) < 4.78 is 67.9. The van der Waals surface area contributed by atoms with Gasteiger partial charge in [0.25, 0.3) is 0 Å². The van der Waals surface area contributed by atoms with Crippen molar-refractivity contribution in [1.29, 1.82) is 0 Å². The molecule has 0 aliphatic rings. The summed E-state index contributed by atoms with van der Waals surface area (Å²) in [6, 6.07) is 3.45. The molecule has 0 amide bonds. The quantitative estimate of drug-likeness (QED) is 0.855. The Morgan fingerprint density at radius 2 is 1.92 bits per heavy atom. The van der Waals surface area contributed by atoms with E-state index in [0.717, 1.165) is 18.2 Å². The minimum Gasteiger partial charge on any atom is -0.251 e. The zero-order chi connectivity index (χ0) is 18.0. The Kier molecular flexibility index (Phi) is 5.29. The van der Waals surface area contributed by atoms with E-state index in [4.69, 9.17) is 0 Å². The maximum absolute atomic E-state index is 13.1. The summed E-state index contributed by atoms with van der Waals surface area (Å²) in [5.74, 6) is -0.165. The van der Waals surface area contributed by atoms with Crippen molar-refractivity contribution in [3.63, 3.8) is 0 Å². The Morgan fingerprint density at radius 1 is 1.25 bits per heavy atom. The lowest BCUT2D eigenvalue weighted by Gasteiger charge is -2.23. The van der Waals surface area contributed by atoms with Crippen molar-refractivity contribution in [3.05, 3.63) is 42.2 Å². The van der Waals surface area contributed by atoms with E-state index in [9.17, 15) is 21.6 Å². The molecule has 0 saturated carbocycles. The Hall–Kier alpha value is -1.94. The lowest BCUT2D eigenvalue weighted by Crippen LogP contribution is -2.42. The fourth-order valence-corrected chi connectivity index (χ4v) is 3.72. The van der Waals surface area contributed by atoms with Gasteiger partial charge in [0.2, 0.25) is 10.0 Å². The van der Waals surface area contributed by atoms with Gasteiger partial charge in [0.1, 0.15) is 0 Å². The zero-order valence-corrected chi connectivity index (χ0v) is 13.8. The van der Waals surface area contributed by atoms with Crippen LogP contribution in [-0.4, -0.2) is 29.5 Å². The first-order chi connectivity index (χ1) is 11.1. The van der Waals surface area contributed by atoms with Gasteiger partial charge in [0, 0.05) is 12.2 Å². The Balaban J connectivity index is 2.33. The molecule has 2 rings (SSSR count). The number of sulfonamides is 1. The number of aromatic nitrogens is 3. The van der Waals surface area contributed by atoms with Crippen LogP contribution in [0.25, 0.3) is 0 Å². The van der Waals surface area contributed by atoms with Crippen LogP contribution in [0, 0.1) is 5.92 Å². The maximum Gasteiger partial charge on any atom is 0.417 e. The summed E-state index contributed by atoms with van der Waals surface area (Å²) in [4.78, 5) is -0.790. The third-order valence-electron chi connectivity index (χ3n) is 3.45. The molecule has 24 heavy (non-hydrogen) atoms. The number of hydrogen-bond donors (Lipinski definition) is 1. The van der Waals surface area contributed by atoms with Crippen LogP contribution in [-0.2, 0) is 22.7 Å². The molecule has 6 nitrogen and oxygen atoms in total.